The van der Waals surface area contributed by atoms with Gasteiger partial charge in [-0.25, -0.2) is 0 Å². The number of rotatable bonds is 2. The van der Waals surface area contributed by atoms with Crippen LogP contribution in [0.25, 0.3) is 10.9 Å². The molecule has 0 saturated heterocycles. The lowest BCUT2D eigenvalue weighted by Gasteiger charge is -2.21. The molecule has 20 heavy (non-hydrogen) atoms. The van der Waals surface area contributed by atoms with Crippen LogP contribution in [-0.4, -0.2) is 17.3 Å². The molecule has 4 nitrogen and oxygen atoms in total. The fourth-order valence-electron chi connectivity index (χ4n) is 1.92. The third kappa shape index (κ3) is 2.48. The van der Waals surface area contributed by atoms with Crippen molar-refractivity contribution in [3.05, 3.63) is 54.8 Å². The number of anilines is 2. The molecule has 1 aromatic heterocycles. The van der Waals surface area contributed by atoms with E-state index in [4.69, 9.17) is 16.7 Å². The van der Waals surface area contributed by atoms with Gasteiger partial charge in [0.1, 0.15) is 11.8 Å². The molecule has 3 rings (SSSR count). The first kappa shape index (κ1) is 12.6. The number of para-hydroxylation sites is 1. The van der Waals surface area contributed by atoms with E-state index in [2.05, 4.69) is 10.5 Å². The molecule has 1 N–H and O–H groups in total. The second kappa shape index (κ2) is 5.30. The van der Waals surface area contributed by atoms with Crippen LogP contribution in [0.2, 0.25) is 0 Å². The average Bonchev–Trinajstić information content (AvgIpc) is 2.95. The molecule has 0 unspecified atom stereocenters. The molecule has 0 radical (unpaired) electrons. The highest BCUT2D eigenvalue weighted by molar-refractivity contribution is 7.80. The zero-order valence-corrected chi connectivity index (χ0v) is 11.7. The minimum atomic E-state index is 0.624. The lowest BCUT2D eigenvalue weighted by atomic mass is 10.2. The molecule has 3 aromatic rings. The summed E-state index contributed by atoms with van der Waals surface area (Å²) in [6.07, 6.45) is 1.62. The van der Waals surface area contributed by atoms with E-state index in [1.807, 2.05) is 60.5 Å². The van der Waals surface area contributed by atoms with Gasteiger partial charge in [-0.2, -0.15) is 0 Å². The summed E-state index contributed by atoms with van der Waals surface area (Å²) in [6.45, 7) is 0. The van der Waals surface area contributed by atoms with Gasteiger partial charge in [-0.05, 0) is 42.5 Å². The number of nitrogens with zero attached hydrogens (tertiary/aromatic N) is 2. The maximum atomic E-state index is 5.41. The topological polar surface area (TPSA) is 41.3 Å². The predicted octanol–water partition coefficient (Wildman–Crippen LogP) is 3.66. The molecule has 0 fully saturated rings. The van der Waals surface area contributed by atoms with Gasteiger partial charge in [0.25, 0.3) is 0 Å². The Kier molecular flexibility index (Phi) is 3.35. The van der Waals surface area contributed by atoms with Crippen LogP contribution >= 0.6 is 12.2 Å². The molecule has 0 amide bonds. The van der Waals surface area contributed by atoms with Crippen molar-refractivity contribution < 1.29 is 4.52 Å². The summed E-state index contributed by atoms with van der Waals surface area (Å²) < 4.78 is 4.92. The highest BCUT2D eigenvalue weighted by atomic mass is 32.1. The molecule has 0 saturated carbocycles. The maximum absolute atomic E-state index is 5.41. The van der Waals surface area contributed by atoms with E-state index in [1.165, 1.54) is 0 Å². The van der Waals surface area contributed by atoms with Crippen LogP contribution in [-0.2, 0) is 0 Å². The fourth-order valence-corrected chi connectivity index (χ4v) is 2.14. The lowest BCUT2D eigenvalue weighted by Crippen LogP contribution is -2.30. The maximum Gasteiger partial charge on any atom is 0.177 e. The third-order valence-electron chi connectivity index (χ3n) is 3.06. The smallest absolute Gasteiger partial charge is 0.177 e. The van der Waals surface area contributed by atoms with Gasteiger partial charge in [-0.15, -0.1) is 0 Å². The van der Waals surface area contributed by atoms with Gasteiger partial charge in [-0.3, -0.25) is 0 Å². The Morgan fingerprint density at radius 3 is 2.80 bits per heavy atom. The number of aromatic nitrogens is 1. The van der Waals surface area contributed by atoms with Crippen LogP contribution in [0.1, 0.15) is 0 Å². The number of nitrogens with one attached hydrogen (secondary N) is 1. The first-order chi connectivity index (χ1) is 9.74. The van der Waals surface area contributed by atoms with Crippen molar-refractivity contribution in [3.63, 3.8) is 0 Å². The number of hydrogen-bond acceptors (Lipinski definition) is 3. The van der Waals surface area contributed by atoms with Crippen LogP contribution in [0.15, 0.2) is 59.3 Å². The van der Waals surface area contributed by atoms with Crippen LogP contribution < -0.4 is 10.2 Å². The summed E-state index contributed by atoms with van der Waals surface area (Å²) in [5, 5.41) is 8.71. The van der Waals surface area contributed by atoms with Crippen LogP contribution in [0.5, 0.6) is 0 Å². The lowest BCUT2D eigenvalue weighted by molar-refractivity contribution is 0.428. The Bertz CT molecular complexity index is 739. The zero-order chi connectivity index (χ0) is 13.9. The molecule has 100 valence electrons. The molecule has 0 aliphatic carbocycles. The van der Waals surface area contributed by atoms with Crippen molar-refractivity contribution in [2.24, 2.45) is 0 Å². The molecule has 0 aliphatic heterocycles. The first-order valence-electron chi connectivity index (χ1n) is 6.18. The van der Waals surface area contributed by atoms with E-state index in [0.29, 0.717) is 5.11 Å². The summed E-state index contributed by atoms with van der Waals surface area (Å²) in [5.74, 6) is 0. The van der Waals surface area contributed by atoms with Crippen LogP contribution in [0.4, 0.5) is 11.4 Å². The summed E-state index contributed by atoms with van der Waals surface area (Å²) in [5.41, 5.74) is 2.73. The molecular weight excluding hydrogens is 270 g/mol. The number of benzene rings is 2. The largest absolute Gasteiger partial charge is 0.364 e. The number of fused-ring (bicyclic) bond motifs is 1. The van der Waals surface area contributed by atoms with E-state index in [-0.39, 0.29) is 0 Å². The minimum Gasteiger partial charge on any atom is -0.364 e. The summed E-state index contributed by atoms with van der Waals surface area (Å²) in [6, 6.07) is 15.8. The molecule has 0 bridgehead atoms. The van der Waals surface area contributed by atoms with Gasteiger partial charge in [0.05, 0.1) is 0 Å². The minimum absolute atomic E-state index is 0.624. The van der Waals surface area contributed by atoms with Gasteiger partial charge in [0.2, 0.25) is 0 Å². The van der Waals surface area contributed by atoms with Crippen molar-refractivity contribution in [1.82, 2.24) is 5.16 Å². The van der Waals surface area contributed by atoms with E-state index < -0.39 is 0 Å². The highest BCUT2D eigenvalue weighted by Gasteiger charge is 2.07. The monoisotopic (exact) mass is 283 g/mol. The highest BCUT2D eigenvalue weighted by Crippen LogP contribution is 2.19. The van der Waals surface area contributed by atoms with Gasteiger partial charge in [0, 0.05) is 23.8 Å². The summed E-state index contributed by atoms with van der Waals surface area (Å²) in [7, 11) is 1.93. The van der Waals surface area contributed by atoms with E-state index in [9.17, 15) is 0 Å². The molecule has 0 aliphatic rings. The molecule has 2 aromatic carbocycles. The molecule has 0 atom stereocenters. The number of hydrogen-bond donors (Lipinski definition) is 1. The van der Waals surface area contributed by atoms with Crippen LogP contribution in [0.3, 0.4) is 0 Å². The summed E-state index contributed by atoms with van der Waals surface area (Å²) >= 11 is 5.41. The van der Waals surface area contributed by atoms with Crippen molar-refractivity contribution in [2.75, 3.05) is 17.3 Å². The Labute approximate surface area is 122 Å². The second-order valence-corrected chi connectivity index (χ2v) is 4.80. The van der Waals surface area contributed by atoms with E-state index in [0.717, 1.165) is 22.3 Å². The van der Waals surface area contributed by atoms with E-state index in [1.54, 1.807) is 6.26 Å². The van der Waals surface area contributed by atoms with Crippen molar-refractivity contribution in [1.29, 1.82) is 0 Å². The van der Waals surface area contributed by atoms with E-state index >= 15 is 0 Å². The SMILES string of the molecule is CN(C(=S)Nc1ccc2conc2c1)c1ccccc1. The van der Waals surface area contributed by atoms with Gasteiger partial charge in [0.15, 0.2) is 5.11 Å². The first-order valence-corrected chi connectivity index (χ1v) is 6.59. The van der Waals surface area contributed by atoms with Crippen molar-refractivity contribution in [2.45, 2.75) is 0 Å². The van der Waals surface area contributed by atoms with Gasteiger partial charge < -0.3 is 14.7 Å². The quantitative estimate of drug-likeness (QED) is 0.727. The van der Waals surface area contributed by atoms with Crippen LogP contribution in [0, 0.1) is 0 Å². The van der Waals surface area contributed by atoms with Crippen molar-refractivity contribution >= 4 is 39.6 Å². The fraction of sp³-hybridized carbons (Fsp3) is 0.0667. The molecule has 5 heteroatoms. The predicted molar refractivity (Wildman–Crippen MR) is 85.1 cm³/mol. The Hall–Kier alpha value is -2.40. The van der Waals surface area contributed by atoms with Crippen molar-refractivity contribution in [3.8, 4) is 0 Å². The van der Waals surface area contributed by atoms with Gasteiger partial charge in [-0.1, -0.05) is 23.4 Å². The van der Waals surface area contributed by atoms with Gasteiger partial charge >= 0.3 is 0 Å². The molecule has 0 spiro atoms. The standard InChI is InChI=1S/C15H13N3OS/c1-18(13-5-3-2-4-6-13)15(20)16-12-8-7-11-10-19-17-14(11)9-12/h2-10H,1H3,(H,16,20). The third-order valence-corrected chi connectivity index (χ3v) is 3.44. The normalized spacial score (nSPS) is 10.4. The Balaban J connectivity index is 1.78. The molecule has 1 heterocycles. The summed E-state index contributed by atoms with van der Waals surface area (Å²) in [4.78, 5) is 1.92. The Morgan fingerprint density at radius 1 is 1.20 bits per heavy atom. The molecular formula is C15H13N3OS. The second-order valence-electron chi connectivity index (χ2n) is 4.41. The Morgan fingerprint density at radius 2 is 2.00 bits per heavy atom. The zero-order valence-electron chi connectivity index (χ0n) is 10.9. The number of thiocarbonyl (C=S) groups is 1. The average molecular weight is 283 g/mol.